The lowest BCUT2D eigenvalue weighted by molar-refractivity contribution is -0.299. The van der Waals surface area contributed by atoms with Crippen LogP contribution in [0.25, 0.3) is 0 Å². The highest BCUT2D eigenvalue weighted by Gasteiger charge is 2.49. The summed E-state index contributed by atoms with van der Waals surface area (Å²) in [5.74, 6) is -2.74. The molecule has 2 aromatic rings. The molecule has 2 unspecified atom stereocenters. The first-order valence-corrected chi connectivity index (χ1v) is 12.6. The lowest BCUT2D eigenvalue weighted by atomic mass is 9.66. The summed E-state index contributed by atoms with van der Waals surface area (Å²) in [5, 5.41) is 12.1. The number of esters is 1. The van der Waals surface area contributed by atoms with Crippen molar-refractivity contribution < 1.29 is 33.8 Å². The van der Waals surface area contributed by atoms with E-state index >= 15 is 0 Å². The quantitative estimate of drug-likeness (QED) is 0.251. The first-order chi connectivity index (χ1) is 18.7. The lowest BCUT2D eigenvalue weighted by Gasteiger charge is -2.41. The minimum Gasteiger partial charge on any atom is -0.545 e. The number of aliphatic carboxylic acids is 1. The van der Waals surface area contributed by atoms with Gasteiger partial charge in [-0.1, -0.05) is 49.0 Å². The SMILES string of the molecule is C=CC(=O)OCCCCCCOc1ccccc1C1(N)C=C(C(=O)[O-])C(N)C2=C1C(=O)c1ccccc1C2=O. The van der Waals surface area contributed by atoms with Gasteiger partial charge in [0.25, 0.3) is 0 Å². The van der Waals surface area contributed by atoms with Crippen molar-refractivity contribution in [2.24, 2.45) is 11.5 Å². The van der Waals surface area contributed by atoms with E-state index in [-0.39, 0.29) is 27.8 Å². The van der Waals surface area contributed by atoms with Crippen LogP contribution in [0.5, 0.6) is 5.75 Å². The van der Waals surface area contributed by atoms with Crippen molar-refractivity contribution in [2.75, 3.05) is 13.2 Å². The van der Waals surface area contributed by atoms with Crippen LogP contribution in [0.4, 0.5) is 0 Å². The molecular formula is C30H29N2O7-. The van der Waals surface area contributed by atoms with Gasteiger partial charge < -0.3 is 30.8 Å². The molecule has 202 valence electrons. The van der Waals surface area contributed by atoms with Gasteiger partial charge in [-0.3, -0.25) is 9.59 Å². The molecule has 4 rings (SSSR count). The van der Waals surface area contributed by atoms with E-state index in [1.165, 1.54) is 18.2 Å². The zero-order valence-corrected chi connectivity index (χ0v) is 21.3. The van der Waals surface area contributed by atoms with E-state index in [4.69, 9.17) is 20.9 Å². The molecule has 0 saturated heterocycles. The largest absolute Gasteiger partial charge is 0.545 e. The molecule has 2 aliphatic carbocycles. The minimum absolute atomic E-state index is 0.0752. The molecule has 4 N–H and O–H groups in total. The molecule has 2 atom stereocenters. The number of unbranched alkanes of at least 4 members (excludes halogenated alkanes) is 3. The van der Waals surface area contributed by atoms with Gasteiger partial charge in [-0.05, 0) is 43.4 Å². The van der Waals surface area contributed by atoms with Gasteiger partial charge in [0.2, 0.25) is 0 Å². The third-order valence-corrected chi connectivity index (χ3v) is 6.88. The van der Waals surface area contributed by atoms with Crippen LogP contribution in [-0.2, 0) is 19.9 Å². The fourth-order valence-electron chi connectivity index (χ4n) is 4.97. The maximum absolute atomic E-state index is 13.8. The summed E-state index contributed by atoms with van der Waals surface area (Å²) in [7, 11) is 0. The van der Waals surface area contributed by atoms with E-state index in [0.29, 0.717) is 37.4 Å². The number of nitrogens with two attached hydrogens (primary N) is 2. The molecule has 0 bridgehead atoms. The molecule has 0 amide bonds. The zero-order chi connectivity index (χ0) is 28.2. The minimum atomic E-state index is -1.81. The van der Waals surface area contributed by atoms with E-state index in [1.807, 2.05) is 0 Å². The third kappa shape index (κ3) is 5.32. The predicted molar refractivity (Wildman–Crippen MR) is 141 cm³/mol. The summed E-state index contributed by atoms with van der Waals surface area (Å²) in [4.78, 5) is 50.4. The number of carboxylic acids is 1. The Morgan fingerprint density at radius 3 is 2.23 bits per heavy atom. The van der Waals surface area contributed by atoms with Crippen LogP contribution in [0.3, 0.4) is 0 Å². The fraction of sp³-hybridized carbons (Fsp3) is 0.267. The smallest absolute Gasteiger partial charge is 0.330 e. The van der Waals surface area contributed by atoms with E-state index in [9.17, 15) is 24.3 Å². The van der Waals surface area contributed by atoms with Crippen molar-refractivity contribution in [3.8, 4) is 5.75 Å². The third-order valence-electron chi connectivity index (χ3n) is 6.88. The molecule has 2 aliphatic rings. The average Bonchev–Trinajstić information content (AvgIpc) is 2.94. The van der Waals surface area contributed by atoms with Gasteiger partial charge in [-0.2, -0.15) is 0 Å². The van der Waals surface area contributed by atoms with Crippen molar-refractivity contribution in [1.29, 1.82) is 0 Å². The van der Waals surface area contributed by atoms with Crippen molar-refractivity contribution in [3.05, 3.63) is 101 Å². The number of Topliss-reactive ketones (excluding diaryl/α,β-unsaturated/α-hetero) is 2. The highest BCUT2D eigenvalue weighted by molar-refractivity contribution is 6.29. The number of fused-ring (bicyclic) bond motifs is 1. The van der Waals surface area contributed by atoms with Crippen LogP contribution in [0, 0.1) is 0 Å². The second-order valence-corrected chi connectivity index (χ2v) is 9.36. The molecule has 0 saturated carbocycles. The Kier molecular flexibility index (Phi) is 8.23. The molecule has 0 heterocycles. The number of hydrogen-bond donors (Lipinski definition) is 2. The first kappa shape index (κ1) is 27.7. The Balaban J connectivity index is 1.62. The van der Waals surface area contributed by atoms with Crippen molar-refractivity contribution in [2.45, 2.75) is 37.3 Å². The Hall–Kier alpha value is -4.34. The second-order valence-electron chi connectivity index (χ2n) is 9.36. The van der Waals surface area contributed by atoms with E-state index in [1.54, 1.807) is 36.4 Å². The normalized spacial score (nSPS) is 20.1. The standard InChI is InChI=1S/C30H30N2O7/c1-2-23(33)39-16-10-4-3-9-15-38-22-14-8-7-13-21(22)30(32)17-20(29(36)37)26(31)24-25(30)28(35)19-12-6-5-11-18(19)27(24)34/h2,5-8,11-14,17,26H,1,3-4,9-10,15-16,31-32H2,(H,36,37)/p-1. The summed E-state index contributed by atoms with van der Waals surface area (Å²) in [6, 6.07) is 11.6. The van der Waals surface area contributed by atoms with Gasteiger partial charge in [0.05, 0.1) is 30.8 Å². The van der Waals surface area contributed by atoms with E-state index in [2.05, 4.69) is 6.58 Å². The van der Waals surface area contributed by atoms with Crippen molar-refractivity contribution in [1.82, 2.24) is 0 Å². The van der Waals surface area contributed by atoms with E-state index in [0.717, 1.165) is 18.9 Å². The van der Waals surface area contributed by atoms with Crippen LogP contribution >= 0.6 is 0 Å². The van der Waals surface area contributed by atoms with Crippen molar-refractivity contribution in [3.63, 3.8) is 0 Å². The average molecular weight is 530 g/mol. The maximum atomic E-state index is 13.8. The molecule has 0 fully saturated rings. The highest BCUT2D eigenvalue weighted by atomic mass is 16.5. The predicted octanol–water partition coefficient (Wildman–Crippen LogP) is 1.90. The van der Waals surface area contributed by atoms with Gasteiger partial charge in [-0.25, -0.2) is 4.79 Å². The van der Waals surface area contributed by atoms with Crippen LogP contribution in [0.1, 0.15) is 52.0 Å². The number of ether oxygens (including phenoxy) is 2. The number of rotatable bonds is 11. The zero-order valence-electron chi connectivity index (χ0n) is 21.3. The van der Waals surface area contributed by atoms with Gasteiger partial charge in [0.15, 0.2) is 11.6 Å². The Morgan fingerprint density at radius 1 is 0.949 bits per heavy atom. The molecule has 9 nitrogen and oxygen atoms in total. The molecule has 2 aromatic carbocycles. The Labute approximate surface area is 225 Å². The molecule has 0 aromatic heterocycles. The molecule has 0 aliphatic heterocycles. The monoisotopic (exact) mass is 529 g/mol. The molecule has 0 spiro atoms. The van der Waals surface area contributed by atoms with Crippen molar-refractivity contribution >= 4 is 23.5 Å². The van der Waals surface area contributed by atoms with Gasteiger partial charge >= 0.3 is 5.97 Å². The summed E-state index contributed by atoms with van der Waals surface area (Å²) in [6.07, 6.45) is 5.33. The summed E-state index contributed by atoms with van der Waals surface area (Å²) < 4.78 is 11.0. The lowest BCUT2D eigenvalue weighted by Crippen LogP contribution is -2.52. The van der Waals surface area contributed by atoms with E-state index < -0.39 is 35.1 Å². The van der Waals surface area contributed by atoms with Gasteiger partial charge in [0.1, 0.15) is 5.75 Å². The highest BCUT2D eigenvalue weighted by Crippen LogP contribution is 2.45. The number of benzene rings is 2. The number of ketones is 2. The molecular weight excluding hydrogens is 500 g/mol. The Morgan fingerprint density at radius 2 is 1.56 bits per heavy atom. The maximum Gasteiger partial charge on any atom is 0.330 e. The summed E-state index contributed by atoms with van der Waals surface area (Å²) in [6.45, 7) is 3.98. The number of carboxylic acid groups (broad SMARTS) is 1. The molecule has 39 heavy (non-hydrogen) atoms. The van der Waals surface area contributed by atoms with Gasteiger partial charge in [0, 0.05) is 33.9 Å². The number of carbonyl (C=O) groups is 4. The topological polar surface area (TPSA) is 162 Å². The summed E-state index contributed by atoms with van der Waals surface area (Å²) >= 11 is 0. The number of para-hydroxylation sites is 1. The van der Waals surface area contributed by atoms with Crippen LogP contribution in [-0.4, -0.2) is 42.8 Å². The van der Waals surface area contributed by atoms with Crippen LogP contribution in [0.2, 0.25) is 0 Å². The molecule has 0 radical (unpaired) electrons. The fourth-order valence-corrected chi connectivity index (χ4v) is 4.97. The second kappa shape index (κ2) is 11.6. The number of hydrogen-bond acceptors (Lipinski definition) is 9. The first-order valence-electron chi connectivity index (χ1n) is 12.6. The molecule has 9 heteroatoms. The van der Waals surface area contributed by atoms with Gasteiger partial charge in [-0.15, -0.1) is 0 Å². The van der Waals surface area contributed by atoms with Crippen LogP contribution < -0.4 is 21.3 Å². The van der Waals surface area contributed by atoms with Crippen LogP contribution in [0.15, 0.2) is 84.0 Å². The summed E-state index contributed by atoms with van der Waals surface area (Å²) in [5.41, 5.74) is 11.3. The Bertz CT molecular complexity index is 1410. The number of carbonyl (C=O) groups excluding carboxylic acids is 4.